The summed E-state index contributed by atoms with van der Waals surface area (Å²) in [5.74, 6) is 1.25. The van der Waals surface area contributed by atoms with Crippen LogP contribution in [0.3, 0.4) is 0 Å². The summed E-state index contributed by atoms with van der Waals surface area (Å²) >= 11 is 0. The lowest BCUT2D eigenvalue weighted by atomic mass is 10.0. The predicted octanol–water partition coefficient (Wildman–Crippen LogP) is 1.98. The first-order valence-corrected chi connectivity index (χ1v) is 9.24. The highest BCUT2D eigenvalue weighted by atomic mass is 16.2. The van der Waals surface area contributed by atoms with E-state index in [0.29, 0.717) is 12.3 Å². The molecule has 0 aliphatic carbocycles. The molecule has 7 heteroatoms. The van der Waals surface area contributed by atoms with Crippen LogP contribution in [-0.2, 0) is 0 Å². The fourth-order valence-corrected chi connectivity index (χ4v) is 3.49. The van der Waals surface area contributed by atoms with Gasteiger partial charge in [-0.1, -0.05) is 6.92 Å². The third-order valence-electron chi connectivity index (χ3n) is 4.75. The topological polar surface area (TPSA) is 75.4 Å². The van der Waals surface area contributed by atoms with E-state index in [1.165, 1.54) is 25.9 Å². The Balaban J connectivity index is 1.44. The summed E-state index contributed by atoms with van der Waals surface area (Å²) < 4.78 is 1.61. The summed E-state index contributed by atoms with van der Waals surface area (Å²) in [6.45, 7) is 10.4. The zero-order chi connectivity index (χ0) is 17.8. The Morgan fingerprint density at radius 3 is 2.96 bits per heavy atom. The number of carbonyl (C=O) groups excluding carboxylic acids is 1. The molecule has 1 atom stereocenters. The predicted molar refractivity (Wildman–Crippen MR) is 96.7 cm³/mol. The first kappa shape index (κ1) is 17.8. The van der Waals surface area contributed by atoms with E-state index in [1.54, 1.807) is 4.52 Å². The van der Waals surface area contributed by atoms with Crippen molar-refractivity contribution in [2.75, 3.05) is 26.2 Å². The van der Waals surface area contributed by atoms with Crippen molar-refractivity contribution >= 4 is 11.7 Å². The minimum Gasteiger partial charge on any atom is -0.349 e. The number of rotatable bonds is 6. The van der Waals surface area contributed by atoms with Gasteiger partial charge in [0.1, 0.15) is 0 Å². The van der Waals surface area contributed by atoms with Crippen LogP contribution in [0.25, 0.3) is 5.78 Å². The van der Waals surface area contributed by atoms with Gasteiger partial charge in [-0.25, -0.2) is 9.50 Å². The van der Waals surface area contributed by atoms with Crippen LogP contribution < -0.4 is 5.32 Å². The molecule has 2 aromatic heterocycles. The molecule has 1 aliphatic heterocycles. The number of piperidine rings is 1. The average molecular weight is 344 g/mol. The van der Waals surface area contributed by atoms with E-state index < -0.39 is 0 Å². The Kier molecular flexibility index (Phi) is 5.63. The van der Waals surface area contributed by atoms with Crippen molar-refractivity contribution < 1.29 is 4.79 Å². The summed E-state index contributed by atoms with van der Waals surface area (Å²) in [5, 5.41) is 7.17. The van der Waals surface area contributed by atoms with E-state index in [-0.39, 0.29) is 11.7 Å². The lowest BCUT2D eigenvalue weighted by molar-refractivity contribution is 0.0942. The van der Waals surface area contributed by atoms with E-state index in [0.717, 1.165) is 36.7 Å². The molecule has 0 spiro atoms. The molecule has 0 radical (unpaired) electrons. The summed E-state index contributed by atoms with van der Waals surface area (Å²) in [7, 11) is 0. The Bertz CT molecular complexity index is 740. The van der Waals surface area contributed by atoms with Gasteiger partial charge in [-0.2, -0.15) is 4.98 Å². The number of carbonyl (C=O) groups is 1. The van der Waals surface area contributed by atoms with Gasteiger partial charge in [0, 0.05) is 24.5 Å². The zero-order valence-corrected chi connectivity index (χ0v) is 15.5. The molecule has 0 bridgehead atoms. The van der Waals surface area contributed by atoms with E-state index in [2.05, 4.69) is 32.2 Å². The highest BCUT2D eigenvalue weighted by molar-refractivity contribution is 5.90. The quantitative estimate of drug-likeness (QED) is 0.811. The lowest BCUT2D eigenvalue weighted by Gasteiger charge is -2.30. The average Bonchev–Trinajstić information content (AvgIpc) is 2.99. The highest BCUT2D eigenvalue weighted by Gasteiger charge is 2.16. The maximum absolute atomic E-state index is 12.2. The highest BCUT2D eigenvalue weighted by Crippen LogP contribution is 2.15. The summed E-state index contributed by atoms with van der Waals surface area (Å²) in [6.07, 6.45) is 4.74. The molecule has 1 fully saturated rings. The molecule has 1 saturated heterocycles. The molecule has 3 rings (SSSR count). The maximum Gasteiger partial charge on any atom is 0.291 e. The summed E-state index contributed by atoms with van der Waals surface area (Å²) in [6, 6.07) is 1.92. The van der Waals surface area contributed by atoms with Crippen LogP contribution in [-0.4, -0.2) is 56.6 Å². The van der Waals surface area contributed by atoms with Gasteiger partial charge in [0.05, 0.1) is 0 Å². The second-order valence-electron chi connectivity index (χ2n) is 7.20. The molecular weight excluding hydrogens is 316 g/mol. The van der Waals surface area contributed by atoms with Crippen LogP contribution in [0.1, 0.15) is 54.6 Å². The number of nitrogens with one attached hydrogen (secondary N) is 1. The van der Waals surface area contributed by atoms with Gasteiger partial charge >= 0.3 is 0 Å². The molecule has 0 saturated carbocycles. The molecule has 25 heavy (non-hydrogen) atoms. The van der Waals surface area contributed by atoms with Crippen molar-refractivity contribution in [1.82, 2.24) is 29.8 Å². The van der Waals surface area contributed by atoms with E-state index in [9.17, 15) is 4.79 Å². The first-order valence-electron chi connectivity index (χ1n) is 9.24. The van der Waals surface area contributed by atoms with Crippen molar-refractivity contribution in [2.45, 2.75) is 46.5 Å². The van der Waals surface area contributed by atoms with Gasteiger partial charge in [0.15, 0.2) is 0 Å². The molecule has 1 amide bonds. The molecular formula is C18H28N6O. The lowest BCUT2D eigenvalue weighted by Crippen LogP contribution is -2.35. The van der Waals surface area contributed by atoms with Crippen LogP contribution in [0.4, 0.5) is 0 Å². The minimum absolute atomic E-state index is 0.186. The molecule has 0 aromatic carbocycles. The van der Waals surface area contributed by atoms with Gasteiger partial charge < -0.3 is 10.2 Å². The summed E-state index contributed by atoms with van der Waals surface area (Å²) in [4.78, 5) is 23.3. The molecule has 2 aromatic rings. The third-order valence-corrected chi connectivity index (χ3v) is 4.75. The maximum atomic E-state index is 12.2. The number of likely N-dealkylation sites (tertiary alicyclic amines) is 1. The van der Waals surface area contributed by atoms with E-state index in [4.69, 9.17) is 0 Å². The van der Waals surface area contributed by atoms with Crippen molar-refractivity contribution in [1.29, 1.82) is 0 Å². The van der Waals surface area contributed by atoms with Crippen LogP contribution in [0.2, 0.25) is 0 Å². The Hall–Kier alpha value is -2.02. The fourth-order valence-electron chi connectivity index (χ4n) is 3.49. The van der Waals surface area contributed by atoms with Crippen molar-refractivity contribution in [3.8, 4) is 0 Å². The largest absolute Gasteiger partial charge is 0.349 e. The number of aromatic nitrogens is 4. The second-order valence-corrected chi connectivity index (χ2v) is 7.20. The Labute approximate surface area is 148 Å². The monoisotopic (exact) mass is 344 g/mol. The van der Waals surface area contributed by atoms with E-state index >= 15 is 0 Å². The van der Waals surface area contributed by atoms with Gasteiger partial charge in [0.2, 0.25) is 5.82 Å². The van der Waals surface area contributed by atoms with Gasteiger partial charge in [-0.3, -0.25) is 4.79 Å². The normalized spacial score (nSPS) is 18.6. The Morgan fingerprint density at radius 2 is 2.16 bits per heavy atom. The first-order chi connectivity index (χ1) is 12.0. The number of unbranched alkanes of at least 4 members (excludes halogenated alkanes) is 1. The van der Waals surface area contributed by atoms with Gasteiger partial charge in [-0.05, 0) is 64.6 Å². The minimum atomic E-state index is -0.228. The number of hydrogen-bond acceptors (Lipinski definition) is 5. The zero-order valence-electron chi connectivity index (χ0n) is 15.5. The molecule has 1 aliphatic rings. The summed E-state index contributed by atoms with van der Waals surface area (Å²) in [5.41, 5.74) is 1.79. The van der Waals surface area contributed by atoms with Crippen LogP contribution in [0, 0.1) is 19.8 Å². The van der Waals surface area contributed by atoms with Crippen LogP contribution >= 0.6 is 0 Å². The number of amides is 1. The smallest absolute Gasteiger partial charge is 0.291 e. The van der Waals surface area contributed by atoms with Crippen LogP contribution in [0.15, 0.2) is 6.07 Å². The SMILES string of the molecule is Cc1cc(C)n2nc(C(=O)NCCCCN3CCCC(C)C3)nc2n1. The molecule has 7 nitrogen and oxygen atoms in total. The number of hydrogen-bond donors (Lipinski definition) is 1. The van der Waals surface area contributed by atoms with Crippen LogP contribution in [0.5, 0.6) is 0 Å². The number of fused-ring (bicyclic) bond motifs is 1. The Morgan fingerprint density at radius 1 is 1.32 bits per heavy atom. The van der Waals surface area contributed by atoms with Gasteiger partial charge in [0.25, 0.3) is 11.7 Å². The molecule has 1 unspecified atom stereocenters. The molecule has 1 N–H and O–H groups in total. The fraction of sp³-hybridized carbons (Fsp3) is 0.667. The van der Waals surface area contributed by atoms with Gasteiger partial charge in [-0.15, -0.1) is 5.10 Å². The second kappa shape index (κ2) is 7.91. The number of nitrogens with zero attached hydrogens (tertiary/aromatic N) is 5. The van der Waals surface area contributed by atoms with E-state index in [1.807, 2.05) is 19.9 Å². The molecule has 3 heterocycles. The molecule has 136 valence electrons. The number of aryl methyl sites for hydroxylation is 2. The van der Waals surface area contributed by atoms with Crippen molar-refractivity contribution in [3.05, 3.63) is 23.3 Å². The van der Waals surface area contributed by atoms with Crippen molar-refractivity contribution in [3.63, 3.8) is 0 Å². The third kappa shape index (κ3) is 4.54. The van der Waals surface area contributed by atoms with Crippen molar-refractivity contribution in [2.24, 2.45) is 5.92 Å². The standard InChI is InChI=1S/C18H28N6O/c1-13-7-6-10-23(12-13)9-5-4-8-19-17(25)16-21-18-20-14(2)11-15(3)24(18)22-16/h11,13H,4-10,12H2,1-3H3,(H,19,25).